The maximum absolute atomic E-state index is 12.6. The average molecular weight is 458 g/mol. The van der Waals surface area contributed by atoms with Crippen molar-refractivity contribution in [1.29, 1.82) is 0 Å². The molecule has 0 aliphatic rings. The molecule has 0 aliphatic heterocycles. The van der Waals surface area contributed by atoms with E-state index in [1.165, 1.54) is 29.0 Å². The molecule has 33 heavy (non-hydrogen) atoms. The molecular weight excluding hydrogens is 438 g/mol. The Kier molecular flexibility index (Phi) is 6.84. The van der Waals surface area contributed by atoms with Gasteiger partial charge in [-0.25, -0.2) is 10.5 Å². The van der Waals surface area contributed by atoms with Crippen molar-refractivity contribution < 1.29 is 14.8 Å². The number of anilines is 3. The summed E-state index contributed by atoms with van der Waals surface area (Å²) in [5.74, 6) is -0.889. The van der Waals surface area contributed by atoms with Gasteiger partial charge in [0.25, 0.3) is 11.8 Å². The molecule has 4 rings (SSSR count). The second-order valence-electron chi connectivity index (χ2n) is 6.86. The molecule has 0 saturated carbocycles. The highest BCUT2D eigenvalue weighted by atomic mass is 32.1. The fourth-order valence-corrected chi connectivity index (χ4v) is 3.76. The van der Waals surface area contributed by atoms with E-state index in [2.05, 4.69) is 20.6 Å². The molecule has 8 nitrogen and oxygen atoms in total. The lowest BCUT2D eigenvalue weighted by Gasteiger charge is -2.08. The first kappa shape index (κ1) is 21.9. The molecule has 0 unspecified atom stereocenters. The van der Waals surface area contributed by atoms with Gasteiger partial charge in [0.1, 0.15) is 0 Å². The quantitative estimate of drug-likeness (QED) is 0.181. The highest BCUT2D eigenvalue weighted by Crippen LogP contribution is 2.30. The van der Waals surface area contributed by atoms with Crippen LogP contribution >= 0.6 is 11.3 Å². The molecule has 0 aliphatic carbocycles. The van der Waals surface area contributed by atoms with Crippen molar-refractivity contribution in [3.8, 4) is 10.4 Å². The molecule has 9 heteroatoms. The number of pyridine rings is 1. The van der Waals surface area contributed by atoms with Crippen LogP contribution in [0.25, 0.3) is 16.5 Å². The first-order chi connectivity index (χ1) is 16.1. The van der Waals surface area contributed by atoms with E-state index in [9.17, 15) is 9.59 Å². The van der Waals surface area contributed by atoms with Crippen LogP contribution in [-0.4, -0.2) is 27.0 Å². The number of carbonyl (C=O) groups excluding carboxylic acids is 2. The van der Waals surface area contributed by atoms with Crippen LogP contribution in [0.4, 0.5) is 16.5 Å². The summed E-state index contributed by atoms with van der Waals surface area (Å²) in [4.78, 5) is 33.2. The standard InChI is InChI=1S/C24H19N5O3S/c30-22(29-32)11-8-16-6-9-17(10-7-16)23(31)27-19-4-1-5-20(13-19)28-24-26-15-21(33-24)18-3-2-12-25-14-18/h1-15,32H,(H,26,28)(H,27,31)(H,29,30)/b11-8+. The Labute approximate surface area is 193 Å². The summed E-state index contributed by atoms with van der Waals surface area (Å²) in [6.07, 6.45) is 8.04. The van der Waals surface area contributed by atoms with Crippen LogP contribution in [-0.2, 0) is 4.79 Å². The first-order valence-corrected chi connectivity index (χ1v) is 10.7. The zero-order valence-corrected chi connectivity index (χ0v) is 18.0. The minimum atomic E-state index is -0.628. The van der Waals surface area contributed by atoms with Gasteiger partial charge in [-0.3, -0.25) is 19.8 Å². The normalized spacial score (nSPS) is 10.7. The van der Waals surface area contributed by atoms with Crippen molar-refractivity contribution in [1.82, 2.24) is 15.4 Å². The summed E-state index contributed by atoms with van der Waals surface area (Å²) in [5, 5.41) is 15.4. The number of thiazole rings is 1. The third-order valence-electron chi connectivity index (χ3n) is 4.53. The highest BCUT2D eigenvalue weighted by molar-refractivity contribution is 7.18. The Hall–Kier alpha value is -4.34. The van der Waals surface area contributed by atoms with Crippen molar-refractivity contribution in [3.05, 3.63) is 96.5 Å². The summed E-state index contributed by atoms with van der Waals surface area (Å²) >= 11 is 1.51. The third kappa shape index (κ3) is 5.88. The van der Waals surface area contributed by atoms with Crippen LogP contribution in [0.2, 0.25) is 0 Å². The van der Waals surface area contributed by atoms with Gasteiger partial charge in [0, 0.05) is 47.2 Å². The number of nitrogens with zero attached hydrogens (tertiary/aromatic N) is 2. The van der Waals surface area contributed by atoms with Crippen molar-refractivity contribution in [3.63, 3.8) is 0 Å². The predicted octanol–water partition coefficient (Wildman–Crippen LogP) is 4.72. The van der Waals surface area contributed by atoms with Gasteiger partial charge in [-0.1, -0.05) is 35.6 Å². The van der Waals surface area contributed by atoms with E-state index < -0.39 is 5.91 Å². The molecule has 2 aromatic heterocycles. The summed E-state index contributed by atoms with van der Waals surface area (Å²) < 4.78 is 0. The van der Waals surface area contributed by atoms with Gasteiger partial charge in [0.05, 0.1) is 4.88 Å². The molecule has 2 heterocycles. The van der Waals surface area contributed by atoms with Crippen molar-refractivity contribution >= 4 is 45.7 Å². The van der Waals surface area contributed by atoms with E-state index in [-0.39, 0.29) is 5.91 Å². The van der Waals surface area contributed by atoms with Gasteiger partial charge >= 0.3 is 0 Å². The number of benzene rings is 2. The van der Waals surface area contributed by atoms with Gasteiger partial charge in [0.2, 0.25) is 0 Å². The molecule has 0 saturated heterocycles. The van der Waals surface area contributed by atoms with E-state index >= 15 is 0 Å². The minimum absolute atomic E-state index is 0.260. The predicted molar refractivity (Wildman–Crippen MR) is 128 cm³/mol. The molecule has 0 radical (unpaired) electrons. The average Bonchev–Trinajstić information content (AvgIpc) is 3.32. The van der Waals surface area contributed by atoms with Crippen LogP contribution in [0.3, 0.4) is 0 Å². The highest BCUT2D eigenvalue weighted by Gasteiger charge is 2.08. The summed E-state index contributed by atoms with van der Waals surface area (Å²) in [6, 6.07) is 17.9. The van der Waals surface area contributed by atoms with Crippen molar-refractivity contribution in [2.24, 2.45) is 0 Å². The SMILES string of the molecule is O=C(/C=C/c1ccc(C(=O)Nc2cccc(Nc3ncc(-c4cccnc4)s3)c2)cc1)NO. The summed E-state index contributed by atoms with van der Waals surface area (Å²) in [6.45, 7) is 0. The van der Waals surface area contributed by atoms with Gasteiger partial charge < -0.3 is 10.6 Å². The third-order valence-corrected chi connectivity index (χ3v) is 5.50. The van der Waals surface area contributed by atoms with E-state index in [4.69, 9.17) is 5.21 Å². The molecule has 4 aromatic rings. The van der Waals surface area contributed by atoms with Gasteiger partial charge in [-0.05, 0) is 48.0 Å². The van der Waals surface area contributed by atoms with Crippen LogP contribution in [0.5, 0.6) is 0 Å². The number of amides is 2. The van der Waals surface area contributed by atoms with Gasteiger partial charge in [-0.2, -0.15) is 0 Å². The number of aromatic nitrogens is 2. The molecule has 0 atom stereocenters. The van der Waals surface area contributed by atoms with E-state index in [0.29, 0.717) is 11.3 Å². The monoisotopic (exact) mass is 457 g/mol. The number of rotatable bonds is 7. The van der Waals surface area contributed by atoms with Crippen LogP contribution in [0.15, 0.2) is 85.3 Å². The zero-order valence-electron chi connectivity index (χ0n) is 17.2. The number of nitrogens with one attached hydrogen (secondary N) is 3. The zero-order chi connectivity index (χ0) is 23.0. The molecule has 0 spiro atoms. The van der Waals surface area contributed by atoms with Gasteiger partial charge in [-0.15, -0.1) is 0 Å². The molecule has 4 N–H and O–H groups in total. The smallest absolute Gasteiger partial charge is 0.267 e. The summed E-state index contributed by atoms with van der Waals surface area (Å²) in [5.41, 5.74) is 5.14. The molecule has 164 valence electrons. The maximum atomic E-state index is 12.6. The summed E-state index contributed by atoms with van der Waals surface area (Å²) in [7, 11) is 0. The Morgan fingerprint density at radius 3 is 2.55 bits per heavy atom. The molecule has 2 amide bonds. The topological polar surface area (TPSA) is 116 Å². The fourth-order valence-electron chi connectivity index (χ4n) is 2.93. The lowest BCUT2D eigenvalue weighted by Crippen LogP contribution is -2.14. The first-order valence-electron chi connectivity index (χ1n) is 9.87. The van der Waals surface area contributed by atoms with Crippen LogP contribution in [0.1, 0.15) is 15.9 Å². The second-order valence-corrected chi connectivity index (χ2v) is 7.89. The number of hydrogen-bond acceptors (Lipinski definition) is 7. The lowest BCUT2D eigenvalue weighted by molar-refractivity contribution is -0.124. The molecular formula is C24H19N5O3S. The van der Waals surface area contributed by atoms with E-state index in [0.717, 1.165) is 26.8 Å². The largest absolute Gasteiger partial charge is 0.331 e. The maximum Gasteiger partial charge on any atom is 0.267 e. The lowest BCUT2D eigenvalue weighted by atomic mass is 10.1. The fraction of sp³-hybridized carbons (Fsp3) is 0. The Bertz CT molecular complexity index is 1290. The van der Waals surface area contributed by atoms with Gasteiger partial charge in [0.15, 0.2) is 5.13 Å². The second kappa shape index (κ2) is 10.3. The Balaban J connectivity index is 1.40. The molecule has 0 fully saturated rings. The Morgan fingerprint density at radius 2 is 1.79 bits per heavy atom. The molecule has 0 bridgehead atoms. The van der Waals surface area contributed by atoms with Crippen LogP contribution in [0, 0.1) is 0 Å². The molecule has 2 aromatic carbocycles. The minimum Gasteiger partial charge on any atom is -0.331 e. The number of carbonyl (C=O) groups is 2. The number of hydrogen-bond donors (Lipinski definition) is 4. The van der Waals surface area contributed by atoms with Crippen LogP contribution < -0.4 is 16.1 Å². The van der Waals surface area contributed by atoms with E-state index in [1.54, 1.807) is 48.9 Å². The Morgan fingerprint density at radius 1 is 0.970 bits per heavy atom. The van der Waals surface area contributed by atoms with Crippen molar-refractivity contribution in [2.45, 2.75) is 0 Å². The van der Waals surface area contributed by atoms with Crippen molar-refractivity contribution in [2.75, 3.05) is 10.6 Å². The number of hydroxylamine groups is 1. The van der Waals surface area contributed by atoms with E-state index in [1.807, 2.05) is 30.3 Å².